The topological polar surface area (TPSA) is 106 Å². The number of aliphatic hydroxyl groups is 1. The van der Waals surface area contributed by atoms with E-state index in [2.05, 4.69) is 26.7 Å². The van der Waals surface area contributed by atoms with Crippen LogP contribution in [0.1, 0.15) is 38.2 Å². The maximum atomic E-state index is 13.8. The highest BCUT2D eigenvalue weighted by atomic mass is 16.3. The maximum Gasteiger partial charge on any atom is 0.317 e. The zero-order valence-corrected chi connectivity index (χ0v) is 24.6. The lowest BCUT2D eigenvalue weighted by Crippen LogP contribution is -2.51. The van der Waals surface area contributed by atoms with Gasteiger partial charge in [-0.3, -0.25) is 14.4 Å². The minimum Gasteiger partial charge on any atom is -0.392 e. The maximum absolute atomic E-state index is 13.8. The molecule has 222 valence electrons. The summed E-state index contributed by atoms with van der Waals surface area (Å²) in [6.45, 7) is 6.51. The summed E-state index contributed by atoms with van der Waals surface area (Å²) in [5.74, 6) is 0.782. The number of nitrogens with one attached hydrogen (secondary N) is 2. The number of amides is 3. The third kappa shape index (κ3) is 6.11. The molecular weight excluding hydrogens is 542 g/mol. The molecule has 10 nitrogen and oxygen atoms in total. The van der Waals surface area contributed by atoms with Crippen molar-refractivity contribution in [3.05, 3.63) is 106 Å². The number of hydrogen-bond acceptors (Lipinski definition) is 6. The summed E-state index contributed by atoms with van der Waals surface area (Å²) in [6, 6.07) is 21.4. The Kier molecular flexibility index (Phi) is 8.13. The van der Waals surface area contributed by atoms with E-state index >= 15 is 0 Å². The van der Waals surface area contributed by atoms with Gasteiger partial charge in [-0.1, -0.05) is 42.5 Å². The highest BCUT2D eigenvalue weighted by molar-refractivity contribution is 6.08. The Labute approximate surface area is 251 Å². The van der Waals surface area contributed by atoms with Crippen LogP contribution >= 0.6 is 0 Å². The standard InChI is InChI=1S/C33H37N7O3/c1-23-16-26(32(42)40-21-28-19-35-37(2)31(28)36-29-8-3-4-9-30(29)40)10-11-27(23)18-34-33(43)39-14-12-38(13-15-39)20-24-6-5-7-25(17-24)22-41/h3-11,16-17,19,36,41H,12-15,18,20-22H2,1-2H3,(H,34,43). The quantitative estimate of drug-likeness (QED) is 0.317. The first-order valence-corrected chi connectivity index (χ1v) is 14.6. The number of carbonyl (C=O) groups excluding carboxylic acids is 2. The van der Waals surface area contributed by atoms with Crippen LogP contribution in [0.15, 0.2) is 72.9 Å². The molecule has 3 N–H and O–H groups in total. The van der Waals surface area contributed by atoms with Gasteiger partial charge in [-0.05, 0) is 53.4 Å². The lowest BCUT2D eigenvalue weighted by Gasteiger charge is -2.34. The van der Waals surface area contributed by atoms with Crippen LogP contribution in [0.25, 0.3) is 0 Å². The Hall–Kier alpha value is -4.67. The Morgan fingerprint density at radius 3 is 2.56 bits per heavy atom. The van der Waals surface area contributed by atoms with Crippen LogP contribution in [0.5, 0.6) is 0 Å². The number of para-hydroxylation sites is 2. The molecule has 3 aromatic carbocycles. The molecule has 1 saturated heterocycles. The third-order valence-electron chi connectivity index (χ3n) is 8.30. The van der Waals surface area contributed by atoms with Crippen LogP contribution in [-0.2, 0) is 33.3 Å². The number of nitrogens with zero attached hydrogens (tertiary/aromatic N) is 5. The summed E-state index contributed by atoms with van der Waals surface area (Å²) >= 11 is 0. The Morgan fingerprint density at radius 1 is 0.977 bits per heavy atom. The summed E-state index contributed by atoms with van der Waals surface area (Å²) in [5, 5.41) is 20.3. The summed E-state index contributed by atoms with van der Waals surface area (Å²) in [5.41, 5.74) is 7.21. The SMILES string of the molecule is Cc1cc(C(=O)N2Cc3cnn(C)c3Nc3ccccc32)ccc1CNC(=O)N1CCN(Cc2cccc(CO)c2)CC1. The van der Waals surface area contributed by atoms with Gasteiger partial charge in [-0.2, -0.15) is 5.10 Å². The zero-order chi connectivity index (χ0) is 29.9. The van der Waals surface area contributed by atoms with Crippen LogP contribution < -0.4 is 15.5 Å². The van der Waals surface area contributed by atoms with E-state index in [0.29, 0.717) is 31.7 Å². The molecule has 2 aliphatic rings. The predicted octanol–water partition coefficient (Wildman–Crippen LogP) is 4.15. The first-order chi connectivity index (χ1) is 20.9. The molecule has 2 aliphatic heterocycles. The van der Waals surface area contributed by atoms with E-state index in [9.17, 15) is 14.7 Å². The Balaban J connectivity index is 1.06. The molecule has 0 atom stereocenters. The van der Waals surface area contributed by atoms with Gasteiger partial charge in [0.2, 0.25) is 0 Å². The number of aromatic nitrogens is 2. The largest absolute Gasteiger partial charge is 0.392 e. The summed E-state index contributed by atoms with van der Waals surface area (Å²) in [4.78, 5) is 32.7. The Morgan fingerprint density at radius 2 is 1.77 bits per heavy atom. The molecule has 0 aliphatic carbocycles. The number of anilines is 3. The van der Waals surface area contributed by atoms with Gasteiger partial charge in [0, 0.05) is 57.4 Å². The van der Waals surface area contributed by atoms with E-state index in [1.165, 1.54) is 5.56 Å². The number of hydrogen-bond donors (Lipinski definition) is 3. The van der Waals surface area contributed by atoms with E-state index in [1.807, 2.05) is 79.5 Å². The summed E-state index contributed by atoms with van der Waals surface area (Å²) in [7, 11) is 1.88. The molecule has 3 amide bonds. The normalized spacial score (nSPS) is 14.9. The third-order valence-corrected chi connectivity index (χ3v) is 8.30. The molecule has 43 heavy (non-hydrogen) atoms. The molecule has 0 bridgehead atoms. The van der Waals surface area contributed by atoms with Crippen LogP contribution in [0.2, 0.25) is 0 Å². The second kappa shape index (κ2) is 12.3. The van der Waals surface area contributed by atoms with Crippen molar-refractivity contribution in [2.45, 2.75) is 33.2 Å². The molecule has 10 heteroatoms. The average molecular weight is 580 g/mol. The number of benzene rings is 3. The number of urea groups is 1. The molecule has 4 aromatic rings. The first-order valence-electron chi connectivity index (χ1n) is 14.6. The number of aryl methyl sites for hydroxylation is 2. The van der Waals surface area contributed by atoms with E-state index < -0.39 is 0 Å². The minimum absolute atomic E-state index is 0.0396. The second-order valence-electron chi connectivity index (χ2n) is 11.2. The fourth-order valence-electron chi connectivity index (χ4n) is 5.80. The highest BCUT2D eigenvalue weighted by Crippen LogP contribution is 2.36. The van der Waals surface area contributed by atoms with Crippen LogP contribution in [0.4, 0.5) is 22.0 Å². The van der Waals surface area contributed by atoms with Gasteiger partial charge in [0.15, 0.2) is 0 Å². The van der Waals surface area contributed by atoms with Crippen LogP contribution in [0, 0.1) is 6.92 Å². The predicted molar refractivity (Wildman–Crippen MR) is 166 cm³/mol. The first kappa shape index (κ1) is 28.4. The number of carbonyl (C=O) groups is 2. The average Bonchev–Trinajstić information content (AvgIpc) is 3.27. The fraction of sp³-hybridized carbons (Fsp3) is 0.303. The summed E-state index contributed by atoms with van der Waals surface area (Å²) in [6.07, 6.45) is 1.79. The lowest BCUT2D eigenvalue weighted by atomic mass is 10.0. The monoisotopic (exact) mass is 579 g/mol. The van der Waals surface area contributed by atoms with Gasteiger partial charge in [0.25, 0.3) is 5.91 Å². The van der Waals surface area contributed by atoms with E-state index in [4.69, 9.17) is 0 Å². The van der Waals surface area contributed by atoms with Gasteiger partial charge in [0.1, 0.15) is 5.82 Å². The van der Waals surface area contributed by atoms with Gasteiger partial charge in [-0.25, -0.2) is 4.79 Å². The molecule has 0 radical (unpaired) electrons. The Bertz CT molecular complexity index is 1640. The fourth-order valence-corrected chi connectivity index (χ4v) is 5.80. The molecule has 0 spiro atoms. The van der Waals surface area contributed by atoms with E-state index in [0.717, 1.165) is 59.1 Å². The van der Waals surface area contributed by atoms with Crippen molar-refractivity contribution in [3.8, 4) is 0 Å². The van der Waals surface area contributed by atoms with Crippen LogP contribution in [0.3, 0.4) is 0 Å². The van der Waals surface area contributed by atoms with Crippen molar-refractivity contribution in [3.63, 3.8) is 0 Å². The molecule has 6 rings (SSSR count). The number of fused-ring (bicyclic) bond motifs is 2. The van der Waals surface area contributed by atoms with Gasteiger partial charge >= 0.3 is 6.03 Å². The van der Waals surface area contributed by atoms with Crippen molar-refractivity contribution in [1.82, 2.24) is 24.9 Å². The van der Waals surface area contributed by atoms with Gasteiger partial charge in [0.05, 0.1) is 30.7 Å². The molecule has 1 aromatic heterocycles. The molecular formula is C33H37N7O3. The second-order valence-corrected chi connectivity index (χ2v) is 11.2. The number of aliphatic hydroxyl groups excluding tert-OH is 1. The lowest BCUT2D eigenvalue weighted by molar-refractivity contribution is 0.0985. The molecule has 0 unspecified atom stereocenters. The summed E-state index contributed by atoms with van der Waals surface area (Å²) < 4.78 is 1.78. The number of piperazine rings is 1. The van der Waals surface area contributed by atoms with Crippen molar-refractivity contribution >= 4 is 29.1 Å². The number of rotatable bonds is 6. The van der Waals surface area contributed by atoms with Crippen molar-refractivity contribution in [2.75, 3.05) is 36.4 Å². The van der Waals surface area contributed by atoms with Crippen molar-refractivity contribution in [1.29, 1.82) is 0 Å². The highest BCUT2D eigenvalue weighted by Gasteiger charge is 2.27. The van der Waals surface area contributed by atoms with E-state index in [-0.39, 0.29) is 18.5 Å². The molecule has 0 saturated carbocycles. The minimum atomic E-state index is -0.0920. The van der Waals surface area contributed by atoms with Crippen molar-refractivity contribution < 1.29 is 14.7 Å². The van der Waals surface area contributed by atoms with Gasteiger partial charge in [-0.15, -0.1) is 0 Å². The van der Waals surface area contributed by atoms with Crippen LogP contribution in [-0.4, -0.2) is 62.8 Å². The smallest absolute Gasteiger partial charge is 0.317 e. The molecule has 1 fully saturated rings. The van der Waals surface area contributed by atoms with Crippen molar-refractivity contribution in [2.24, 2.45) is 7.05 Å². The van der Waals surface area contributed by atoms with E-state index in [1.54, 1.807) is 15.8 Å². The zero-order valence-electron chi connectivity index (χ0n) is 24.6. The molecule has 3 heterocycles. The van der Waals surface area contributed by atoms with Gasteiger partial charge < -0.3 is 25.5 Å².